The predicted octanol–water partition coefficient (Wildman–Crippen LogP) is 4.05. The summed E-state index contributed by atoms with van der Waals surface area (Å²) in [5.74, 6) is -0.155. The number of benzene rings is 1. The number of allylic oxidation sites excluding steroid dienone is 3. The molecule has 0 spiro atoms. The molecule has 0 unspecified atom stereocenters. The van der Waals surface area contributed by atoms with Gasteiger partial charge in [-0.25, -0.2) is 5.10 Å². The highest BCUT2D eigenvalue weighted by molar-refractivity contribution is 6.35. The van der Waals surface area contributed by atoms with Crippen molar-refractivity contribution in [3.05, 3.63) is 62.8 Å². The number of hydrogen-bond acceptors (Lipinski definition) is 6. The first kappa shape index (κ1) is 19.5. The zero-order chi connectivity index (χ0) is 20.9. The van der Waals surface area contributed by atoms with Crippen LogP contribution in [0.4, 0.5) is 5.95 Å². The molecule has 2 aromatic rings. The van der Waals surface area contributed by atoms with Gasteiger partial charge in [-0.15, -0.1) is 0 Å². The second kappa shape index (κ2) is 6.90. The van der Waals surface area contributed by atoms with Crippen molar-refractivity contribution in [3.8, 4) is 6.07 Å². The number of nitrogens with zero attached hydrogens (tertiary/aromatic N) is 4. The molecule has 1 aliphatic heterocycles. The molecule has 0 saturated carbocycles. The first-order chi connectivity index (χ1) is 13.7. The van der Waals surface area contributed by atoms with Crippen LogP contribution in [0.25, 0.3) is 0 Å². The van der Waals surface area contributed by atoms with E-state index in [0.717, 1.165) is 0 Å². The van der Waals surface area contributed by atoms with Gasteiger partial charge in [0.2, 0.25) is 5.95 Å². The number of ketones is 1. The zero-order valence-corrected chi connectivity index (χ0v) is 17.3. The summed E-state index contributed by atoms with van der Waals surface area (Å²) in [6, 6.07) is 7.21. The van der Waals surface area contributed by atoms with Gasteiger partial charge in [0.15, 0.2) is 5.78 Å². The van der Waals surface area contributed by atoms with Gasteiger partial charge >= 0.3 is 0 Å². The van der Waals surface area contributed by atoms with E-state index in [-0.39, 0.29) is 22.6 Å². The molecule has 1 atom stereocenters. The van der Waals surface area contributed by atoms with Crippen molar-refractivity contribution in [1.82, 2.24) is 15.2 Å². The fourth-order valence-corrected chi connectivity index (χ4v) is 4.62. The molecule has 2 heterocycles. The summed E-state index contributed by atoms with van der Waals surface area (Å²) >= 11 is 12.5. The fourth-order valence-electron chi connectivity index (χ4n) is 4.10. The molecule has 1 aliphatic carbocycles. The van der Waals surface area contributed by atoms with Crippen LogP contribution in [0.15, 0.2) is 47.2 Å². The van der Waals surface area contributed by atoms with Crippen LogP contribution in [0.5, 0.6) is 0 Å². The first-order valence-electron chi connectivity index (χ1n) is 9.00. The van der Waals surface area contributed by atoms with Crippen LogP contribution in [0.3, 0.4) is 0 Å². The van der Waals surface area contributed by atoms with Gasteiger partial charge in [0.1, 0.15) is 12.1 Å². The molecule has 29 heavy (non-hydrogen) atoms. The number of nitrogens with one attached hydrogen (secondary N) is 1. The number of hydrogen-bond donors (Lipinski definition) is 2. The van der Waals surface area contributed by atoms with Crippen molar-refractivity contribution in [2.24, 2.45) is 11.1 Å². The molecule has 9 heteroatoms. The van der Waals surface area contributed by atoms with Crippen molar-refractivity contribution in [2.45, 2.75) is 32.6 Å². The van der Waals surface area contributed by atoms with Crippen molar-refractivity contribution in [1.29, 1.82) is 5.26 Å². The number of Topliss-reactive ketones (excluding diaryl/α,β-unsaturated/α-hetero) is 1. The third-order valence-electron chi connectivity index (χ3n) is 5.27. The molecule has 0 saturated heterocycles. The lowest BCUT2D eigenvalue weighted by Gasteiger charge is -2.42. The molecule has 7 nitrogen and oxygen atoms in total. The average Bonchev–Trinajstić information content (AvgIpc) is 3.14. The number of nitrogens with two attached hydrogens (primary N) is 1. The summed E-state index contributed by atoms with van der Waals surface area (Å²) in [6.07, 6.45) is 2.29. The van der Waals surface area contributed by atoms with Gasteiger partial charge in [0, 0.05) is 27.7 Å². The third-order valence-corrected chi connectivity index (χ3v) is 5.83. The number of carbonyl (C=O) groups excluding carboxylic acids is 1. The van der Waals surface area contributed by atoms with Gasteiger partial charge in [-0.3, -0.25) is 9.69 Å². The number of H-pyrrole nitrogens is 1. The number of aromatic amines is 1. The van der Waals surface area contributed by atoms with Crippen LogP contribution in [0.1, 0.15) is 38.2 Å². The van der Waals surface area contributed by atoms with Crippen LogP contribution in [0.2, 0.25) is 10.0 Å². The Morgan fingerprint density at radius 2 is 2.10 bits per heavy atom. The quantitative estimate of drug-likeness (QED) is 0.745. The largest absolute Gasteiger partial charge is 0.384 e. The van der Waals surface area contributed by atoms with E-state index in [2.05, 4.69) is 21.3 Å². The number of halogens is 2. The van der Waals surface area contributed by atoms with Crippen LogP contribution >= 0.6 is 23.2 Å². The van der Waals surface area contributed by atoms with Crippen LogP contribution in [0, 0.1) is 16.7 Å². The second-order valence-corrected chi connectivity index (χ2v) is 8.80. The van der Waals surface area contributed by atoms with Gasteiger partial charge in [-0.1, -0.05) is 43.1 Å². The molecule has 3 N–H and O–H groups in total. The summed E-state index contributed by atoms with van der Waals surface area (Å²) in [5, 5.41) is 17.5. The highest BCUT2D eigenvalue weighted by atomic mass is 35.5. The van der Waals surface area contributed by atoms with Crippen molar-refractivity contribution >= 4 is 34.9 Å². The Bertz CT molecular complexity index is 1110. The Morgan fingerprint density at radius 1 is 1.34 bits per heavy atom. The molecule has 1 aromatic carbocycles. The third kappa shape index (κ3) is 3.18. The fraction of sp³-hybridized carbons (Fsp3) is 0.300. The van der Waals surface area contributed by atoms with Crippen molar-refractivity contribution < 1.29 is 4.79 Å². The van der Waals surface area contributed by atoms with E-state index < -0.39 is 5.92 Å². The average molecular weight is 429 g/mol. The minimum absolute atomic E-state index is 0.0444. The SMILES string of the molecule is CC1(C)CC(=O)C2=C(C1)N(c1ncn[nH]1)C(N)=C(C#N)[C@@H]2c1ccc(Cl)cc1Cl. The highest BCUT2D eigenvalue weighted by Crippen LogP contribution is 2.50. The van der Waals surface area contributed by atoms with Gasteiger partial charge in [-0.2, -0.15) is 15.3 Å². The minimum Gasteiger partial charge on any atom is -0.384 e. The predicted molar refractivity (Wildman–Crippen MR) is 110 cm³/mol. The number of nitriles is 1. The monoisotopic (exact) mass is 428 g/mol. The summed E-state index contributed by atoms with van der Waals surface area (Å²) in [4.78, 5) is 19.1. The zero-order valence-electron chi connectivity index (χ0n) is 15.8. The van der Waals surface area contributed by atoms with E-state index in [4.69, 9.17) is 28.9 Å². The first-order valence-corrected chi connectivity index (χ1v) is 9.75. The van der Waals surface area contributed by atoms with E-state index in [1.54, 1.807) is 23.1 Å². The number of rotatable bonds is 2. The van der Waals surface area contributed by atoms with Crippen LogP contribution in [-0.2, 0) is 4.79 Å². The molecule has 0 amide bonds. The molecule has 0 bridgehead atoms. The Kier molecular flexibility index (Phi) is 4.64. The number of aromatic nitrogens is 3. The second-order valence-electron chi connectivity index (χ2n) is 7.96. The maximum atomic E-state index is 13.3. The van der Waals surface area contributed by atoms with E-state index in [1.807, 2.05) is 13.8 Å². The molecule has 148 valence electrons. The van der Waals surface area contributed by atoms with Crippen molar-refractivity contribution in [3.63, 3.8) is 0 Å². The van der Waals surface area contributed by atoms with Crippen LogP contribution < -0.4 is 10.6 Å². The van der Waals surface area contributed by atoms with Gasteiger partial charge in [0.25, 0.3) is 0 Å². The lowest BCUT2D eigenvalue weighted by Crippen LogP contribution is -2.42. The summed E-state index contributed by atoms with van der Waals surface area (Å²) in [6.45, 7) is 4.05. The highest BCUT2D eigenvalue weighted by Gasteiger charge is 2.45. The summed E-state index contributed by atoms with van der Waals surface area (Å²) in [7, 11) is 0. The smallest absolute Gasteiger partial charge is 0.231 e. The lowest BCUT2D eigenvalue weighted by atomic mass is 9.68. The Hall–Kier alpha value is -2.82. The molecule has 2 aliphatic rings. The standard InChI is InChI=1S/C20H18Cl2N6O/c1-20(2)6-14-17(15(29)7-20)16(11-4-3-10(21)5-13(11)22)12(8-23)18(24)28(14)19-25-9-26-27-19/h3-5,9,16H,6-7,24H2,1-2H3,(H,25,26,27)/t16-/m0/s1. The van der Waals surface area contributed by atoms with Crippen molar-refractivity contribution in [2.75, 3.05) is 4.90 Å². The number of anilines is 1. The van der Waals surface area contributed by atoms with Gasteiger partial charge < -0.3 is 5.73 Å². The van der Waals surface area contributed by atoms with E-state index in [1.165, 1.54) is 6.33 Å². The van der Waals surface area contributed by atoms with Gasteiger partial charge in [0.05, 0.1) is 17.6 Å². The van der Waals surface area contributed by atoms with E-state index in [9.17, 15) is 10.1 Å². The topological polar surface area (TPSA) is 112 Å². The summed E-state index contributed by atoms with van der Waals surface area (Å²) in [5.41, 5.74) is 8.25. The van der Waals surface area contributed by atoms with E-state index >= 15 is 0 Å². The summed E-state index contributed by atoms with van der Waals surface area (Å²) < 4.78 is 0. The molecule has 1 aromatic heterocycles. The minimum atomic E-state index is -0.664. The van der Waals surface area contributed by atoms with Crippen LogP contribution in [-0.4, -0.2) is 21.0 Å². The molecule has 0 radical (unpaired) electrons. The molecular weight excluding hydrogens is 411 g/mol. The molecular formula is C20H18Cl2N6O. The molecule has 4 rings (SSSR count). The maximum Gasteiger partial charge on any atom is 0.231 e. The van der Waals surface area contributed by atoms with Gasteiger partial charge in [-0.05, 0) is 29.5 Å². The lowest BCUT2D eigenvalue weighted by molar-refractivity contribution is -0.118. The normalized spacial score (nSPS) is 21.3. The Labute approximate surface area is 177 Å². The number of carbonyl (C=O) groups is 1. The van der Waals surface area contributed by atoms with E-state index in [0.29, 0.717) is 45.7 Å². The Morgan fingerprint density at radius 3 is 2.72 bits per heavy atom. The maximum absolute atomic E-state index is 13.3. The molecule has 0 fully saturated rings. The Balaban J connectivity index is 2.02.